The summed E-state index contributed by atoms with van der Waals surface area (Å²) in [5.74, 6) is 0. The molecule has 0 saturated carbocycles. The highest BCUT2D eigenvalue weighted by Gasteiger charge is 2.26. The number of furan rings is 1. The molecule has 254 valence electrons. The molecule has 3 aromatic heterocycles. The fraction of sp³-hybridized carbons (Fsp3) is 0. The average Bonchev–Trinajstić information content (AvgIpc) is 3.98. The first-order valence-electron chi connectivity index (χ1n) is 18.9. The van der Waals surface area contributed by atoms with Crippen molar-refractivity contribution in [1.29, 1.82) is 0 Å². The minimum atomic E-state index is 0.907. The molecule has 1 aliphatic rings. The Morgan fingerprint density at radius 3 is 1.91 bits per heavy atom. The van der Waals surface area contributed by atoms with E-state index in [9.17, 15) is 0 Å². The van der Waals surface area contributed by atoms with E-state index < -0.39 is 0 Å². The zero-order valence-electron chi connectivity index (χ0n) is 29.6. The van der Waals surface area contributed by atoms with Crippen molar-refractivity contribution in [3.63, 3.8) is 0 Å². The highest BCUT2D eigenvalue weighted by atomic mass is 16.3. The summed E-state index contributed by atoms with van der Waals surface area (Å²) in [6.07, 6.45) is 0. The van der Waals surface area contributed by atoms with E-state index in [1.165, 1.54) is 76.9 Å². The summed E-state index contributed by atoms with van der Waals surface area (Å²) in [5.41, 5.74) is 16.4. The van der Waals surface area contributed by atoms with Crippen LogP contribution in [0, 0.1) is 0 Å². The lowest BCUT2D eigenvalue weighted by molar-refractivity contribution is 0.673. The number of hydrogen-bond donors (Lipinski definition) is 0. The third-order valence-electron chi connectivity index (χ3n) is 12.0. The van der Waals surface area contributed by atoms with E-state index in [2.05, 4.69) is 191 Å². The normalized spacial score (nSPS) is 12.4. The Morgan fingerprint density at radius 1 is 0.345 bits per heavy atom. The maximum atomic E-state index is 6.76. The van der Waals surface area contributed by atoms with Crippen LogP contribution < -0.4 is 0 Å². The van der Waals surface area contributed by atoms with Crippen molar-refractivity contribution in [2.45, 2.75) is 0 Å². The molecule has 9 aromatic carbocycles. The van der Waals surface area contributed by atoms with Gasteiger partial charge in [0.1, 0.15) is 11.2 Å². The van der Waals surface area contributed by atoms with Crippen LogP contribution in [0.2, 0.25) is 0 Å². The van der Waals surface area contributed by atoms with Crippen molar-refractivity contribution in [2.75, 3.05) is 0 Å². The molecular formula is C52H30N2O. The molecule has 0 unspecified atom stereocenters. The Hall–Kier alpha value is -7.36. The highest BCUT2D eigenvalue weighted by molar-refractivity contribution is 6.31. The van der Waals surface area contributed by atoms with Crippen LogP contribution in [0.5, 0.6) is 0 Å². The third-order valence-corrected chi connectivity index (χ3v) is 12.0. The monoisotopic (exact) mass is 698 g/mol. The zero-order chi connectivity index (χ0) is 35.8. The molecule has 1 aliphatic carbocycles. The second kappa shape index (κ2) is 10.6. The minimum absolute atomic E-state index is 0.907. The van der Waals surface area contributed by atoms with Gasteiger partial charge in [-0.3, -0.25) is 0 Å². The lowest BCUT2D eigenvalue weighted by Gasteiger charge is -2.12. The largest absolute Gasteiger partial charge is 0.455 e. The van der Waals surface area contributed by atoms with Crippen molar-refractivity contribution in [2.24, 2.45) is 0 Å². The molecule has 0 radical (unpaired) electrons. The van der Waals surface area contributed by atoms with E-state index in [1.54, 1.807) is 0 Å². The molecule has 0 saturated heterocycles. The van der Waals surface area contributed by atoms with Gasteiger partial charge in [0.2, 0.25) is 0 Å². The smallest absolute Gasteiger partial charge is 0.145 e. The van der Waals surface area contributed by atoms with Gasteiger partial charge in [0, 0.05) is 38.3 Å². The van der Waals surface area contributed by atoms with E-state index in [0.29, 0.717) is 0 Å². The van der Waals surface area contributed by atoms with Gasteiger partial charge in [-0.05, 0) is 105 Å². The lowest BCUT2D eigenvalue weighted by atomic mass is 10.0. The van der Waals surface area contributed by atoms with Gasteiger partial charge in [0.25, 0.3) is 0 Å². The molecule has 0 bridgehead atoms. The van der Waals surface area contributed by atoms with Crippen molar-refractivity contribution in [3.05, 3.63) is 182 Å². The van der Waals surface area contributed by atoms with Gasteiger partial charge in [-0.25, -0.2) is 0 Å². The van der Waals surface area contributed by atoms with Crippen LogP contribution in [0.1, 0.15) is 0 Å². The van der Waals surface area contributed by atoms with Gasteiger partial charge in [-0.15, -0.1) is 0 Å². The molecule has 3 heteroatoms. The van der Waals surface area contributed by atoms with Crippen LogP contribution >= 0.6 is 0 Å². The van der Waals surface area contributed by atoms with Gasteiger partial charge in [0.05, 0.1) is 27.5 Å². The lowest BCUT2D eigenvalue weighted by Crippen LogP contribution is -1.96. The Labute approximate surface area is 315 Å². The topological polar surface area (TPSA) is 23.0 Å². The molecular weight excluding hydrogens is 669 g/mol. The van der Waals surface area contributed by atoms with Crippen LogP contribution in [0.3, 0.4) is 0 Å². The zero-order valence-corrected chi connectivity index (χ0v) is 29.6. The van der Waals surface area contributed by atoms with Gasteiger partial charge in [-0.2, -0.15) is 0 Å². The third kappa shape index (κ3) is 3.84. The number of para-hydroxylation sites is 2. The number of benzene rings is 9. The van der Waals surface area contributed by atoms with Crippen LogP contribution in [0.25, 0.3) is 121 Å². The first-order valence-corrected chi connectivity index (χ1v) is 18.9. The second-order valence-electron chi connectivity index (χ2n) is 14.8. The quantitative estimate of drug-likeness (QED) is 0.180. The van der Waals surface area contributed by atoms with E-state index >= 15 is 0 Å². The number of rotatable bonds is 3. The van der Waals surface area contributed by atoms with E-state index in [0.717, 1.165) is 44.2 Å². The van der Waals surface area contributed by atoms with Gasteiger partial charge in [-0.1, -0.05) is 121 Å². The first-order chi connectivity index (χ1) is 27.3. The molecule has 0 amide bonds. The predicted octanol–water partition coefficient (Wildman–Crippen LogP) is 14.2. The van der Waals surface area contributed by atoms with Gasteiger partial charge >= 0.3 is 0 Å². The fourth-order valence-electron chi connectivity index (χ4n) is 9.74. The summed E-state index contributed by atoms with van der Waals surface area (Å²) in [5, 5.41) is 9.67. The van der Waals surface area contributed by atoms with Crippen LogP contribution in [0.4, 0.5) is 0 Å². The fourth-order valence-corrected chi connectivity index (χ4v) is 9.74. The standard InChI is InChI=1S/C52H30N2O/c1-2-11-31(12-3-1)33-15-8-16-34(29-33)54-46-27-25-40-37-17-5-7-22-47(37)55-52(40)50(46)42-26-28-45-49(51(42)54)41-18-4-6-21-44(41)53(45)35-23-24-36-38-19-9-13-32-14-10-20-39(48(32)38)43(36)30-35/h1-30H. The predicted molar refractivity (Wildman–Crippen MR) is 230 cm³/mol. The SMILES string of the molecule is c1ccc(-c2cccc(-n3c4ccc5c6ccccc6oc5c4c4ccc5c(c6ccccc6n5-c5ccc6c(c5)-c5cccc7cccc-6c57)c43)c2)cc1. The summed E-state index contributed by atoms with van der Waals surface area (Å²) >= 11 is 0. The van der Waals surface area contributed by atoms with E-state index in [-0.39, 0.29) is 0 Å². The Morgan fingerprint density at radius 2 is 1.04 bits per heavy atom. The Balaban J connectivity index is 1.16. The number of hydrogen-bond acceptors (Lipinski definition) is 1. The average molecular weight is 699 g/mol. The van der Waals surface area contributed by atoms with Gasteiger partial charge in [0.15, 0.2) is 0 Å². The molecule has 3 heterocycles. The van der Waals surface area contributed by atoms with Crippen LogP contribution in [-0.4, -0.2) is 9.13 Å². The Bertz CT molecular complexity index is 3590. The molecule has 0 N–H and O–H groups in total. The van der Waals surface area contributed by atoms with Crippen molar-refractivity contribution < 1.29 is 4.42 Å². The summed E-state index contributed by atoms with van der Waals surface area (Å²) < 4.78 is 11.7. The summed E-state index contributed by atoms with van der Waals surface area (Å²) in [7, 11) is 0. The number of fused-ring (bicyclic) bond motifs is 14. The van der Waals surface area contributed by atoms with Crippen LogP contribution in [0.15, 0.2) is 186 Å². The molecule has 0 fully saturated rings. The maximum Gasteiger partial charge on any atom is 0.145 e. The molecule has 55 heavy (non-hydrogen) atoms. The molecule has 0 spiro atoms. The molecule has 3 nitrogen and oxygen atoms in total. The minimum Gasteiger partial charge on any atom is -0.455 e. The van der Waals surface area contributed by atoms with E-state index in [1.807, 2.05) is 0 Å². The van der Waals surface area contributed by atoms with Crippen molar-refractivity contribution in [3.8, 4) is 44.8 Å². The maximum absolute atomic E-state index is 6.76. The van der Waals surface area contributed by atoms with Gasteiger partial charge < -0.3 is 13.6 Å². The molecule has 0 aliphatic heterocycles. The second-order valence-corrected chi connectivity index (χ2v) is 14.8. The summed E-state index contributed by atoms with van der Waals surface area (Å²) in [6.45, 7) is 0. The van der Waals surface area contributed by atoms with Crippen molar-refractivity contribution in [1.82, 2.24) is 9.13 Å². The highest BCUT2D eigenvalue weighted by Crippen LogP contribution is 2.49. The Kier molecular flexibility index (Phi) is 5.63. The number of nitrogens with zero attached hydrogens (tertiary/aromatic N) is 2. The number of aromatic nitrogens is 2. The molecule has 12 aromatic rings. The first kappa shape index (κ1) is 29.1. The van der Waals surface area contributed by atoms with E-state index in [4.69, 9.17) is 4.42 Å². The molecule has 13 rings (SSSR count). The van der Waals surface area contributed by atoms with Crippen LogP contribution in [-0.2, 0) is 0 Å². The van der Waals surface area contributed by atoms with Crippen molar-refractivity contribution >= 4 is 76.3 Å². The summed E-state index contributed by atoms with van der Waals surface area (Å²) in [4.78, 5) is 0. The summed E-state index contributed by atoms with van der Waals surface area (Å²) in [6, 6.07) is 66.4. The molecule has 0 atom stereocenters.